The van der Waals surface area contributed by atoms with Gasteiger partial charge < -0.3 is 24.8 Å². The minimum Gasteiger partial charge on any atom is -0.493 e. The fourth-order valence-electron chi connectivity index (χ4n) is 3.59. The molecule has 0 unspecified atom stereocenters. The maximum absolute atomic E-state index is 12.8. The molecule has 3 amide bonds. The maximum Gasteiger partial charge on any atom is 0.416 e. The first-order valence-electron chi connectivity index (χ1n) is 13.2. The quantitative estimate of drug-likeness (QED) is 0.143. The van der Waals surface area contributed by atoms with Crippen molar-refractivity contribution in [3.8, 4) is 11.5 Å². The van der Waals surface area contributed by atoms with Gasteiger partial charge in [-0.25, -0.2) is 10.2 Å². The van der Waals surface area contributed by atoms with Crippen LogP contribution in [0.4, 0.5) is 24.5 Å². The number of hydrogen-bond donors (Lipinski definition) is 3. The summed E-state index contributed by atoms with van der Waals surface area (Å²) in [5.41, 5.74) is 2.66. The van der Waals surface area contributed by atoms with E-state index in [0.717, 1.165) is 12.1 Å². The second kappa shape index (κ2) is 15.7. The van der Waals surface area contributed by atoms with Crippen LogP contribution in [-0.2, 0) is 25.3 Å². The van der Waals surface area contributed by atoms with E-state index < -0.39 is 35.4 Å². The first-order chi connectivity index (χ1) is 21.0. The summed E-state index contributed by atoms with van der Waals surface area (Å²) in [6.45, 7) is 1.63. The summed E-state index contributed by atoms with van der Waals surface area (Å²) in [5, 5.41) is 8.80. The molecule has 232 valence electrons. The highest BCUT2D eigenvalue weighted by Crippen LogP contribution is 2.31. The molecule has 14 heteroatoms. The van der Waals surface area contributed by atoms with Crippen LogP contribution in [0.5, 0.6) is 11.5 Å². The van der Waals surface area contributed by atoms with Gasteiger partial charge in [0.2, 0.25) is 11.8 Å². The minimum absolute atomic E-state index is 0.0348. The second-order valence-electron chi connectivity index (χ2n) is 8.96. The highest BCUT2D eigenvalue weighted by molar-refractivity contribution is 5.94. The van der Waals surface area contributed by atoms with Gasteiger partial charge in [-0.2, -0.15) is 18.3 Å². The molecule has 3 rings (SSSR count). The molecule has 0 aliphatic heterocycles. The SMILES string of the molecule is CCOC(=O)c1ccc(NC(=O)COc2ccc(C=NNC(=O)CCC(=O)Nc3cccc(C(F)(F)F)c3)cc2OC)cc1. The fraction of sp³-hybridized carbons (Fsp3) is 0.233. The molecule has 0 saturated heterocycles. The van der Waals surface area contributed by atoms with E-state index in [1.165, 1.54) is 37.6 Å². The number of carbonyl (C=O) groups is 4. The summed E-state index contributed by atoms with van der Waals surface area (Å²) in [7, 11) is 1.40. The number of methoxy groups -OCH3 is 1. The second-order valence-corrected chi connectivity index (χ2v) is 8.96. The van der Waals surface area contributed by atoms with Crippen molar-refractivity contribution in [3.63, 3.8) is 0 Å². The highest BCUT2D eigenvalue weighted by atomic mass is 19.4. The topological polar surface area (TPSA) is 144 Å². The van der Waals surface area contributed by atoms with E-state index in [4.69, 9.17) is 14.2 Å². The van der Waals surface area contributed by atoms with Crippen molar-refractivity contribution >= 4 is 41.3 Å². The zero-order valence-electron chi connectivity index (χ0n) is 23.7. The molecule has 0 heterocycles. The van der Waals surface area contributed by atoms with Gasteiger partial charge in [0.25, 0.3) is 5.91 Å². The molecule has 0 spiro atoms. The number of carbonyl (C=O) groups excluding carboxylic acids is 4. The Labute approximate surface area is 250 Å². The number of benzene rings is 3. The Bertz CT molecular complexity index is 1510. The van der Waals surface area contributed by atoms with E-state index >= 15 is 0 Å². The normalized spacial score (nSPS) is 11.0. The molecule has 0 radical (unpaired) electrons. The molecule has 0 bridgehead atoms. The Balaban J connectivity index is 1.44. The monoisotopic (exact) mass is 614 g/mol. The van der Waals surface area contributed by atoms with Crippen LogP contribution in [0, 0.1) is 0 Å². The number of alkyl halides is 3. The molecule has 0 aliphatic carbocycles. The number of hydrazone groups is 1. The van der Waals surface area contributed by atoms with Crippen LogP contribution in [0.3, 0.4) is 0 Å². The number of rotatable bonds is 13. The lowest BCUT2D eigenvalue weighted by Crippen LogP contribution is -2.21. The molecule has 0 atom stereocenters. The summed E-state index contributed by atoms with van der Waals surface area (Å²) in [5.74, 6) is -1.58. The summed E-state index contributed by atoms with van der Waals surface area (Å²) < 4.78 is 54.2. The smallest absolute Gasteiger partial charge is 0.416 e. The number of ether oxygens (including phenoxy) is 3. The lowest BCUT2D eigenvalue weighted by atomic mass is 10.2. The van der Waals surface area contributed by atoms with E-state index in [1.54, 1.807) is 37.3 Å². The van der Waals surface area contributed by atoms with Crippen molar-refractivity contribution in [2.75, 3.05) is 31.0 Å². The Morgan fingerprint density at radius 3 is 2.23 bits per heavy atom. The van der Waals surface area contributed by atoms with E-state index in [9.17, 15) is 32.3 Å². The average molecular weight is 615 g/mol. The van der Waals surface area contributed by atoms with Crippen molar-refractivity contribution in [1.82, 2.24) is 5.43 Å². The summed E-state index contributed by atoms with van der Waals surface area (Å²) in [6.07, 6.45) is -3.75. The van der Waals surface area contributed by atoms with E-state index in [1.807, 2.05) is 0 Å². The van der Waals surface area contributed by atoms with Gasteiger partial charge in [-0.3, -0.25) is 14.4 Å². The van der Waals surface area contributed by atoms with Crippen LogP contribution in [0.15, 0.2) is 71.8 Å². The first-order valence-corrected chi connectivity index (χ1v) is 13.2. The molecular formula is C30H29F3N4O7. The van der Waals surface area contributed by atoms with Crippen molar-refractivity contribution in [1.29, 1.82) is 0 Å². The van der Waals surface area contributed by atoms with Crippen LogP contribution in [0.2, 0.25) is 0 Å². The Kier molecular flexibility index (Phi) is 11.8. The zero-order chi connectivity index (χ0) is 32.1. The van der Waals surface area contributed by atoms with Crippen LogP contribution in [0.1, 0.15) is 41.3 Å². The summed E-state index contributed by atoms with van der Waals surface area (Å²) in [4.78, 5) is 48.1. The molecule has 3 aromatic carbocycles. The van der Waals surface area contributed by atoms with Crippen molar-refractivity contribution < 1.29 is 46.6 Å². The molecule has 0 aromatic heterocycles. The lowest BCUT2D eigenvalue weighted by Gasteiger charge is -2.11. The maximum atomic E-state index is 12.8. The molecule has 3 N–H and O–H groups in total. The van der Waals surface area contributed by atoms with Crippen LogP contribution < -0.4 is 25.5 Å². The van der Waals surface area contributed by atoms with E-state index in [-0.39, 0.29) is 43.2 Å². The lowest BCUT2D eigenvalue weighted by molar-refractivity contribution is -0.137. The average Bonchev–Trinajstić information content (AvgIpc) is 2.99. The minimum atomic E-state index is -4.55. The summed E-state index contributed by atoms with van der Waals surface area (Å²) >= 11 is 0. The molecule has 3 aromatic rings. The number of esters is 1. The predicted molar refractivity (Wildman–Crippen MR) is 155 cm³/mol. The number of halogens is 3. The van der Waals surface area contributed by atoms with Crippen molar-refractivity contribution in [3.05, 3.63) is 83.4 Å². The van der Waals surface area contributed by atoms with Gasteiger partial charge in [-0.15, -0.1) is 0 Å². The first kappa shape index (κ1) is 33.1. The van der Waals surface area contributed by atoms with Gasteiger partial charge in [0.1, 0.15) is 0 Å². The van der Waals surface area contributed by atoms with Crippen LogP contribution in [0.25, 0.3) is 0 Å². The number of nitrogens with one attached hydrogen (secondary N) is 3. The number of hydrogen-bond acceptors (Lipinski definition) is 8. The number of nitrogens with zero attached hydrogens (tertiary/aromatic N) is 1. The third kappa shape index (κ3) is 10.5. The molecule has 0 aliphatic rings. The van der Waals surface area contributed by atoms with Gasteiger partial charge in [0, 0.05) is 24.2 Å². The van der Waals surface area contributed by atoms with Gasteiger partial charge in [0.15, 0.2) is 18.1 Å². The number of amides is 3. The predicted octanol–water partition coefficient (Wildman–Crippen LogP) is 4.78. The van der Waals surface area contributed by atoms with Gasteiger partial charge >= 0.3 is 12.1 Å². The molecule has 44 heavy (non-hydrogen) atoms. The van der Waals surface area contributed by atoms with Crippen molar-refractivity contribution in [2.45, 2.75) is 25.9 Å². The van der Waals surface area contributed by atoms with Gasteiger partial charge in [-0.05, 0) is 73.2 Å². The molecule has 0 fully saturated rings. The summed E-state index contributed by atoms with van der Waals surface area (Å²) in [6, 6.07) is 15.0. The Morgan fingerprint density at radius 1 is 0.841 bits per heavy atom. The van der Waals surface area contributed by atoms with E-state index in [2.05, 4.69) is 21.2 Å². The Hall–Kier alpha value is -5.40. The zero-order valence-corrected chi connectivity index (χ0v) is 23.7. The largest absolute Gasteiger partial charge is 0.493 e. The van der Waals surface area contributed by atoms with E-state index in [0.29, 0.717) is 16.8 Å². The highest BCUT2D eigenvalue weighted by Gasteiger charge is 2.30. The number of anilines is 2. The van der Waals surface area contributed by atoms with Crippen LogP contribution >= 0.6 is 0 Å². The van der Waals surface area contributed by atoms with Gasteiger partial charge in [0.05, 0.1) is 31.1 Å². The Morgan fingerprint density at radius 2 is 1.55 bits per heavy atom. The molecule has 11 nitrogen and oxygen atoms in total. The standard InChI is InChI=1S/C30H29F3N4O7/c1-3-43-29(41)20-8-10-22(11-9-20)35-28(40)18-44-24-12-7-19(15-25(24)42-2)17-34-37-27(39)14-13-26(38)36-23-6-4-5-21(16-23)30(31,32)33/h4-12,15-17H,3,13-14,18H2,1-2H3,(H,35,40)(H,36,38)(H,37,39). The van der Waals surface area contributed by atoms with Crippen molar-refractivity contribution in [2.24, 2.45) is 5.10 Å². The van der Waals surface area contributed by atoms with Crippen LogP contribution in [-0.4, -0.2) is 50.2 Å². The molecule has 0 saturated carbocycles. The molecular weight excluding hydrogens is 585 g/mol. The fourth-order valence-corrected chi connectivity index (χ4v) is 3.59. The third-order valence-corrected chi connectivity index (χ3v) is 5.68. The van der Waals surface area contributed by atoms with Gasteiger partial charge in [-0.1, -0.05) is 6.07 Å². The third-order valence-electron chi connectivity index (χ3n) is 5.68.